The lowest BCUT2D eigenvalue weighted by Crippen LogP contribution is -2.31. The predicted molar refractivity (Wildman–Crippen MR) is 130 cm³/mol. The van der Waals surface area contributed by atoms with Gasteiger partial charge in [-0.1, -0.05) is 30.3 Å². The van der Waals surface area contributed by atoms with Crippen LogP contribution in [0.2, 0.25) is 0 Å². The predicted octanol–water partition coefficient (Wildman–Crippen LogP) is 5.12. The molecule has 1 aliphatic heterocycles. The fraction of sp³-hybridized carbons (Fsp3) is 0.240. The maximum absolute atomic E-state index is 13.1. The Kier molecular flexibility index (Phi) is 6.49. The van der Waals surface area contributed by atoms with Crippen molar-refractivity contribution in [3.8, 4) is 0 Å². The highest BCUT2D eigenvalue weighted by atomic mass is 32.2. The molecule has 4 rings (SSSR count). The van der Waals surface area contributed by atoms with Crippen molar-refractivity contribution in [2.75, 3.05) is 12.4 Å². The van der Waals surface area contributed by atoms with E-state index >= 15 is 0 Å². The van der Waals surface area contributed by atoms with Gasteiger partial charge in [0.15, 0.2) is 9.84 Å². The first-order valence-corrected chi connectivity index (χ1v) is 12.3. The zero-order valence-electron chi connectivity index (χ0n) is 18.5. The molecular formula is C25H30FN3O3S. The third-order valence-corrected chi connectivity index (χ3v) is 7.40. The molecule has 0 spiro atoms. The minimum Gasteiger partial charge on any atom is -0.331 e. The average molecular weight is 472 g/mol. The third kappa shape index (κ3) is 5.58. The molecule has 0 aromatic heterocycles. The number of benzene rings is 3. The van der Waals surface area contributed by atoms with Crippen LogP contribution in [0, 0.1) is 5.82 Å². The average Bonchev–Trinajstić information content (AvgIpc) is 3.13. The molecule has 8 heteroatoms. The lowest BCUT2D eigenvalue weighted by Gasteiger charge is -2.15. The van der Waals surface area contributed by atoms with Crippen LogP contribution in [0.1, 0.15) is 38.1 Å². The summed E-state index contributed by atoms with van der Waals surface area (Å²) in [5, 5.41) is 5.46. The fourth-order valence-corrected chi connectivity index (χ4v) is 5.29. The SMILES string of the molecule is CC(NC(=O)Nc1ccc(S(=O)(=O)Cc2ccc3c(c2)CN(C)C3)cc1)c1ccc(F)cc1.[HH].[HH]. The van der Waals surface area contributed by atoms with Crippen LogP contribution in [-0.4, -0.2) is 26.4 Å². The minimum atomic E-state index is -3.52. The maximum atomic E-state index is 13.1. The fourth-order valence-electron chi connectivity index (χ4n) is 3.95. The van der Waals surface area contributed by atoms with Crippen molar-refractivity contribution in [2.45, 2.75) is 36.7 Å². The van der Waals surface area contributed by atoms with Gasteiger partial charge in [0.05, 0.1) is 16.7 Å². The van der Waals surface area contributed by atoms with Gasteiger partial charge in [-0.15, -0.1) is 0 Å². The number of nitrogens with one attached hydrogen (secondary N) is 2. The molecule has 0 fully saturated rings. The topological polar surface area (TPSA) is 78.5 Å². The Bertz CT molecular complexity index is 1270. The number of hydrogen-bond donors (Lipinski definition) is 2. The summed E-state index contributed by atoms with van der Waals surface area (Å²) in [6.07, 6.45) is 0. The monoisotopic (exact) mass is 471 g/mol. The smallest absolute Gasteiger partial charge is 0.319 e. The van der Waals surface area contributed by atoms with Crippen molar-refractivity contribution in [1.82, 2.24) is 10.2 Å². The Balaban J connectivity index is 0.00000216. The van der Waals surface area contributed by atoms with Crippen LogP contribution in [0.15, 0.2) is 71.6 Å². The van der Waals surface area contributed by atoms with Crippen LogP contribution in [0.4, 0.5) is 14.9 Å². The number of amides is 2. The molecule has 0 saturated carbocycles. The second-order valence-electron chi connectivity index (χ2n) is 8.43. The Morgan fingerprint density at radius 2 is 1.70 bits per heavy atom. The van der Waals surface area contributed by atoms with E-state index in [1.165, 1.54) is 35.4 Å². The zero-order chi connectivity index (χ0) is 23.6. The Morgan fingerprint density at radius 1 is 1.03 bits per heavy atom. The molecule has 0 radical (unpaired) electrons. The van der Waals surface area contributed by atoms with Crippen LogP contribution >= 0.6 is 0 Å². The van der Waals surface area contributed by atoms with Gasteiger partial charge in [-0.3, -0.25) is 4.90 Å². The van der Waals surface area contributed by atoms with Crippen molar-refractivity contribution in [1.29, 1.82) is 0 Å². The lowest BCUT2D eigenvalue weighted by molar-refractivity contribution is 0.249. The summed E-state index contributed by atoms with van der Waals surface area (Å²) in [7, 11) is -1.48. The van der Waals surface area contributed by atoms with Gasteiger partial charge in [-0.2, -0.15) is 0 Å². The number of sulfone groups is 1. The van der Waals surface area contributed by atoms with E-state index < -0.39 is 15.9 Å². The van der Waals surface area contributed by atoms with Gasteiger partial charge in [-0.25, -0.2) is 17.6 Å². The molecule has 1 heterocycles. The van der Waals surface area contributed by atoms with Gasteiger partial charge < -0.3 is 10.6 Å². The second kappa shape index (κ2) is 9.33. The minimum absolute atomic E-state index is 0. The van der Waals surface area contributed by atoms with E-state index in [-0.39, 0.29) is 25.4 Å². The van der Waals surface area contributed by atoms with E-state index in [1.807, 2.05) is 25.2 Å². The number of carbonyl (C=O) groups is 1. The molecule has 3 aromatic rings. The number of rotatable bonds is 6. The zero-order valence-corrected chi connectivity index (χ0v) is 19.3. The maximum Gasteiger partial charge on any atom is 0.319 e. The molecule has 2 N–H and O–H groups in total. The summed E-state index contributed by atoms with van der Waals surface area (Å²) < 4.78 is 38.8. The molecule has 2 amide bonds. The largest absolute Gasteiger partial charge is 0.331 e. The van der Waals surface area contributed by atoms with Crippen LogP contribution in [0.25, 0.3) is 0 Å². The second-order valence-corrected chi connectivity index (χ2v) is 10.4. The van der Waals surface area contributed by atoms with Crippen molar-refractivity contribution < 1.29 is 20.5 Å². The van der Waals surface area contributed by atoms with Crippen molar-refractivity contribution in [3.63, 3.8) is 0 Å². The highest BCUT2D eigenvalue weighted by Crippen LogP contribution is 2.25. The number of anilines is 1. The van der Waals surface area contributed by atoms with Gasteiger partial charge in [0.2, 0.25) is 0 Å². The molecule has 1 unspecified atom stereocenters. The van der Waals surface area contributed by atoms with Gasteiger partial charge in [0.25, 0.3) is 0 Å². The first kappa shape index (κ1) is 22.9. The molecule has 176 valence electrons. The molecule has 0 bridgehead atoms. The molecule has 0 saturated heterocycles. The van der Waals surface area contributed by atoms with Crippen molar-refractivity contribution >= 4 is 21.6 Å². The Morgan fingerprint density at radius 3 is 2.39 bits per heavy atom. The number of carbonyl (C=O) groups excluding carboxylic acids is 1. The first-order chi connectivity index (χ1) is 15.7. The van der Waals surface area contributed by atoms with Crippen molar-refractivity contribution in [2.24, 2.45) is 0 Å². The molecule has 0 aliphatic carbocycles. The van der Waals surface area contributed by atoms with Crippen LogP contribution in [0.3, 0.4) is 0 Å². The summed E-state index contributed by atoms with van der Waals surface area (Å²) in [4.78, 5) is 14.7. The standard InChI is InChI=1S/C25H26FN3O3S.2H2/c1-17(19-5-7-22(26)8-6-19)27-25(30)28-23-9-11-24(12-10-23)33(31,32)16-18-3-4-20-14-29(2)15-21(20)13-18;;/h3-13,17H,14-16H2,1-2H3,(H2,27,28,30);2*1H. The normalized spacial score (nSPS) is 14.5. The van der Waals surface area contributed by atoms with Crippen LogP contribution < -0.4 is 10.6 Å². The number of nitrogens with zero attached hydrogens (tertiary/aromatic N) is 1. The Hall–Kier alpha value is -3.23. The van der Waals surface area contributed by atoms with E-state index in [2.05, 4.69) is 15.5 Å². The molecule has 6 nitrogen and oxygen atoms in total. The van der Waals surface area contributed by atoms with E-state index in [9.17, 15) is 17.6 Å². The highest BCUT2D eigenvalue weighted by Gasteiger charge is 2.19. The highest BCUT2D eigenvalue weighted by molar-refractivity contribution is 7.90. The summed E-state index contributed by atoms with van der Waals surface area (Å²) in [6.45, 7) is 3.50. The molecule has 1 atom stereocenters. The van der Waals surface area contributed by atoms with E-state index in [4.69, 9.17) is 0 Å². The number of urea groups is 1. The summed E-state index contributed by atoms with van der Waals surface area (Å²) >= 11 is 0. The Labute approximate surface area is 196 Å². The van der Waals surface area contributed by atoms with Crippen LogP contribution in [-0.2, 0) is 28.7 Å². The van der Waals surface area contributed by atoms with E-state index in [0.29, 0.717) is 5.69 Å². The van der Waals surface area contributed by atoms with E-state index in [1.54, 1.807) is 31.2 Å². The summed E-state index contributed by atoms with van der Waals surface area (Å²) in [5.41, 5.74) is 4.41. The summed E-state index contributed by atoms with van der Waals surface area (Å²) in [5.74, 6) is -0.416. The van der Waals surface area contributed by atoms with Gasteiger partial charge >= 0.3 is 6.03 Å². The quantitative estimate of drug-likeness (QED) is 0.523. The molecule has 1 aliphatic rings. The first-order valence-electron chi connectivity index (χ1n) is 10.6. The molecule has 33 heavy (non-hydrogen) atoms. The number of hydrogen-bond acceptors (Lipinski definition) is 4. The summed E-state index contributed by atoms with van der Waals surface area (Å²) in [6, 6.07) is 17.1. The molecular weight excluding hydrogens is 441 g/mol. The van der Waals surface area contributed by atoms with Gasteiger partial charge in [-0.05, 0) is 72.6 Å². The number of fused-ring (bicyclic) bond motifs is 1. The van der Waals surface area contributed by atoms with Gasteiger partial charge in [0, 0.05) is 21.6 Å². The molecule has 3 aromatic carbocycles. The van der Waals surface area contributed by atoms with Crippen molar-refractivity contribution in [3.05, 3.63) is 94.8 Å². The van der Waals surface area contributed by atoms with E-state index in [0.717, 1.165) is 24.2 Å². The number of halogens is 1. The third-order valence-electron chi connectivity index (χ3n) is 5.70. The van der Waals surface area contributed by atoms with Gasteiger partial charge in [0.1, 0.15) is 5.82 Å². The lowest BCUT2D eigenvalue weighted by atomic mass is 10.1. The van der Waals surface area contributed by atoms with Crippen LogP contribution in [0.5, 0.6) is 0 Å².